The molecule has 1 fully saturated rings. The fourth-order valence-corrected chi connectivity index (χ4v) is 3.06. The van der Waals surface area contributed by atoms with E-state index in [4.69, 9.17) is 4.74 Å². The summed E-state index contributed by atoms with van der Waals surface area (Å²) in [6.07, 6.45) is 2.68. The topological polar surface area (TPSA) is 84.3 Å². The summed E-state index contributed by atoms with van der Waals surface area (Å²) in [7, 11) is 1.86. The first kappa shape index (κ1) is 18.7. The number of carbonyl (C=O) groups excluding carboxylic acids is 1. The van der Waals surface area contributed by atoms with E-state index in [0.717, 1.165) is 38.5 Å². The molecule has 1 aliphatic heterocycles. The van der Waals surface area contributed by atoms with E-state index in [9.17, 15) is 4.79 Å². The van der Waals surface area contributed by atoms with Gasteiger partial charge in [-0.15, -0.1) is 10.2 Å². The number of ether oxygens (including phenoxy) is 1. The van der Waals surface area contributed by atoms with Crippen LogP contribution in [-0.2, 0) is 11.8 Å². The molecule has 24 heavy (non-hydrogen) atoms. The highest BCUT2D eigenvalue weighted by Crippen LogP contribution is 2.13. The molecule has 2 heterocycles. The maximum atomic E-state index is 12.2. The van der Waals surface area contributed by atoms with E-state index in [1.54, 1.807) is 10.9 Å². The van der Waals surface area contributed by atoms with Gasteiger partial charge < -0.3 is 19.9 Å². The second-order valence-electron chi connectivity index (χ2n) is 6.81. The number of nitrogens with one attached hydrogen (secondary N) is 2. The first-order valence-corrected chi connectivity index (χ1v) is 8.67. The summed E-state index contributed by atoms with van der Waals surface area (Å²) in [6, 6.07) is -0.0262. The van der Waals surface area contributed by atoms with Crippen molar-refractivity contribution in [3.05, 3.63) is 12.2 Å². The van der Waals surface area contributed by atoms with Gasteiger partial charge in [-0.3, -0.25) is 4.90 Å². The zero-order valence-corrected chi connectivity index (χ0v) is 15.2. The summed E-state index contributed by atoms with van der Waals surface area (Å²) in [4.78, 5) is 14.6. The van der Waals surface area contributed by atoms with E-state index >= 15 is 0 Å². The standard InChI is InChI=1S/C16H30N6O2/c1-12(2)9-14(22-5-7-24-8-6-22)10-17-16(23)19-13(3)15-20-18-11-21(15)4/h11-14H,5-10H2,1-4H3,(H2,17,19,23)/t13-,14-/m0/s1. The molecule has 2 N–H and O–H groups in total. The highest BCUT2D eigenvalue weighted by molar-refractivity contribution is 5.74. The number of morpholine rings is 1. The van der Waals surface area contributed by atoms with Crippen molar-refractivity contribution in [2.24, 2.45) is 13.0 Å². The predicted molar refractivity (Wildman–Crippen MR) is 91.6 cm³/mol. The van der Waals surface area contributed by atoms with E-state index < -0.39 is 0 Å². The molecule has 136 valence electrons. The average Bonchev–Trinajstić information content (AvgIpc) is 2.98. The van der Waals surface area contributed by atoms with Crippen molar-refractivity contribution in [3.63, 3.8) is 0 Å². The van der Waals surface area contributed by atoms with Crippen LogP contribution < -0.4 is 10.6 Å². The van der Waals surface area contributed by atoms with Crippen molar-refractivity contribution in [1.82, 2.24) is 30.3 Å². The number of aromatic nitrogens is 3. The number of nitrogens with zero attached hydrogens (tertiary/aromatic N) is 4. The Balaban J connectivity index is 1.83. The summed E-state index contributed by atoms with van der Waals surface area (Å²) >= 11 is 0. The number of hydrogen-bond donors (Lipinski definition) is 2. The molecule has 0 aromatic carbocycles. The van der Waals surface area contributed by atoms with Crippen molar-refractivity contribution in [3.8, 4) is 0 Å². The fourth-order valence-electron chi connectivity index (χ4n) is 3.06. The molecule has 1 aromatic rings. The second kappa shape index (κ2) is 8.98. The third kappa shape index (κ3) is 5.45. The first-order valence-electron chi connectivity index (χ1n) is 8.67. The average molecular weight is 338 g/mol. The van der Waals surface area contributed by atoms with Crippen LogP contribution in [0.1, 0.15) is 39.1 Å². The van der Waals surface area contributed by atoms with Gasteiger partial charge in [0.2, 0.25) is 0 Å². The molecular weight excluding hydrogens is 308 g/mol. The SMILES string of the molecule is CC(C)C[C@@H](CNC(=O)N[C@@H](C)c1nncn1C)N1CCOCC1. The largest absolute Gasteiger partial charge is 0.379 e. The summed E-state index contributed by atoms with van der Waals surface area (Å²) in [6.45, 7) is 10.3. The Morgan fingerprint density at radius 1 is 1.33 bits per heavy atom. The summed E-state index contributed by atoms with van der Waals surface area (Å²) in [5, 5.41) is 13.8. The van der Waals surface area contributed by atoms with Gasteiger partial charge in [-0.2, -0.15) is 0 Å². The van der Waals surface area contributed by atoms with Gasteiger partial charge >= 0.3 is 6.03 Å². The van der Waals surface area contributed by atoms with Crippen LogP contribution in [0.5, 0.6) is 0 Å². The van der Waals surface area contributed by atoms with Crippen molar-refractivity contribution in [2.75, 3.05) is 32.8 Å². The Morgan fingerprint density at radius 3 is 2.62 bits per heavy atom. The molecule has 1 saturated heterocycles. The van der Waals surface area contributed by atoms with Gasteiger partial charge in [0.25, 0.3) is 0 Å². The van der Waals surface area contributed by atoms with Crippen LogP contribution in [0.2, 0.25) is 0 Å². The van der Waals surface area contributed by atoms with Crippen LogP contribution in [0.25, 0.3) is 0 Å². The Morgan fingerprint density at radius 2 is 2.04 bits per heavy atom. The van der Waals surface area contributed by atoms with Crippen LogP contribution in [0.3, 0.4) is 0 Å². The molecule has 8 heteroatoms. The van der Waals surface area contributed by atoms with E-state index in [1.807, 2.05) is 14.0 Å². The third-order valence-electron chi connectivity index (χ3n) is 4.29. The molecule has 0 radical (unpaired) electrons. The van der Waals surface area contributed by atoms with Crippen LogP contribution >= 0.6 is 0 Å². The first-order chi connectivity index (χ1) is 11.5. The molecule has 1 aliphatic rings. The fraction of sp³-hybridized carbons (Fsp3) is 0.812. The van der Waals surface area contributed by atoms with E-state index in [0.29, 0.717) is 18.5 Å². The Hall–Kier alpha value is -1.67. The van der Waals surface area contributed by atoms with Gasteiger partial charge in [0.15, 0.2) is 5.82 Å². The summed E-state index contributed by atoms with van der Waals surface area (Å²) < 4.78 is 7.23. The zero-order valence-electron chi connectivity index (χ0n) is 15.2. The number of carbonyl (C=O) groups is 1. The Kier molecular flexibility index (Phi) is 6.99. The summed E-state index contributed by atoms with van der Waals surface area (Å²) in [5.74, 6) is 1.32. The lowest BCUT2D eigenvalue weighted by Crippen LogP contribution is -2.50. The molecule has 1 aromatic heterocycles. The number of rotatable bonds is 7. The molecular formula is C16H30N6O2. The normalized spacial score (nSPS) is 18.4. The number of urea groups is 1. The van der Waals surface area contributed by atoms with Gasteiger partial charge in [-0.25, -0.2) is 4.79 Å². The third-order valence-corrected chi connectivity index (χ3v) is 4.29. The van der Waals surface area contributed by atoms with Gasteiger partial charge in [0.05, 0.1) is 19.3 Å². The summed E-state index contributed by atoms with van der Waals surface area (Å²) in [5.41, 5.74) is 0. The zero-order chi connectivity index (χ0) is 17.5. The van der Waals surface area contributed by atoms with Gasteiger partial charge in [0, 0.05) is 32.7 Å². The maximum Gasteiger partial charge on any atom is 0.315 e. The van der Waals surface area contributed by atoms with E-state index in [2.05, 4.69) is 39.6 Å². The van der Waals surface area contributed by atoms with Crippen molar-refractivity contribution >= 4 is 6.03 Å². The number of hydrogen-bond acceptors (Lipinski definition) is 5. The molecule has 0 unspecified atom stereocenters. The Labute approximate surface area is 143 Å². The van der Waals surface area contributed by atoms with Crippen LogP contribution in [0.4, 0.5) is 4.79 Å². The van der Waals surface area contributed by atoms with Gasteiger partial charge in [0.1, 0.15) is 6.33 Å². The van der Waals surface area contributed by atoms with Crippen molar-refractivity contribution in [1.29, 1.82) is 0 Å². The van der Waals surface area contributed by atoms with Gasteiger partial charge in [-0.1, -0.05) is 13.8 Å². The number of amides is 2. The highest BCUT2D eigenvalue weighted by Gasteiger charge is 2.23. The predicted octanol–water partition coefficient (Wildman–Crippen LogP) is 0.922. The molecule has 2 atom stereocenters. The molecule has 0 bridgehead atoms. The second-order valence-corrected chi connectivity index (χ2v) is 6.81. The molecule has 0 aliphatic carbocycles. The lowest BCUT2D eigenvalue weighted by atomic mass is 10.0. The molecule has 0 spiro atoms. The minimum Gasteiger partial charge on any atom is -0.379 e. The highest BCUT2D eigenvalue weighted by atomic mass is 16.5. The van der Waals surface area contributed by atoms with E-state index in [1.165, 1.54) is 0 Å². The molecule has 8 nitrogen and oxygen atoms in total. The minimum atomic E-state index is -0.190. The maximum absolute atomic E-state index is 12.2. The minimum absolute atomic E-state index is 0.174. The Bertz CT molecular complexity index is 512. The molecule has 2 rings (SSSR count). The van der Waals surface area contributed by atoms with Crippen LogP contribution in [-0.4, -0.2) is 64.6 Å². The molecule has 0 saturated carbocycles. The van der Waals surface area contributed by atoms with Crippen molar-refractivity contribution in [2.45, 2.75) is 39.3 Å². The quantitative estimate of drug-likeness (QED) is 0.772. The lowest BCUT2D eigenvalue weighted by Gasteiger charge is -2.35. The van der Waals surface area contributed by atoms with E-state index in [-0.39, 0.29) is 12.1 Å². The monoisotopic (exact) mass is 338 g/mol. The van der Waals surface area contributed by atoms with Gasteiger partial charge in [-0.05, 0) is 19.3 Å². The van der Waals surface area contributed by atoms with Crippen LogP contribution in [0, 0.1) is 5.92 Å². The smallest absolute Gasteiger partial charge is 0.315 e. The van der Waals surface area contributed by atoms with Crippen LogP contribution in [0.15, 0.2) is 6.33 Å². The lowest BCUT2D eigenvalue weighted by molar-refractivity contribution is 0.0129. The van der Waals surface area contributed by atoms with Crippen molar-refractivity contribution < 1.29 is 9.53 Å². The molecule has 2 amide bonds. The number of aryl methyl sites for hydroxylation is 1.